The van der Waals surface area contributed by atoms with Gasteiger partial charge in [0.25, 0.3) is 11.7 Å². The minimum Gasteiger partial charge on any atom is -0.347 e. The van der Waals surface area contributed by atoms with E-state index in [0.717, 1.165) is 38.2 Å². The van der Waals surface area contributed by atoms with Crippen molar-refractivity contribution in [2.45, 2.75) is 45.2 Å². The van der Waals surface area contributed by atoms with Crippen LogP contribution in [0.15, 0.2) is 29.9 Å². The van der Waals surface area contributed by atoms with Gasteiger partial charge in [-0.05, 0) is 42.8 Å². The summed E-state index contributed by atoms with van der Waals surface area (Å²) in [6, 6.07) is 6.22. The van der Waals surface area contributed by atoms with E-state index in [0.29, 0.717) is 11.5 Å². The summed E-state index contributed by atoms with van der Waals surface area (Å²) in [5.41, 5.74) is 1.35. The third kappa shape index (κ3) is 4.01. The van der Waals surface area contributed by atoms with E-state index in [1.807, 2.05) is 6.07 Å². The molecule has 1 saturated heterocycles. The number of carbonyl (C=O) groups is 1. The lowest BCUT2D eigenvalue weighted by molar-refractivity contribution is 0.0896. The number of aromatic nitrogens is 4. The van der Waals surface area contributed by atoms with Crippen molar-refractivity contribution in [2.24, 2.45) is 0 Å². The number of carbonyl (C=O) groups excluding carboxylic acids is 1. The molecule has 7 nitrogen and oxygen atoms in total. The Morgan fingerprint density at radius 3 is 3.11 bits per heavy atom. The predicted octanol–water partition coefficient (Wildman–Crippen LogP) is 2.70. The number of nitrogens with zero attached hydrogens (tertiary/aromatic N) is 5. The van der Waals surface area contributed by atoms with E-state index in [9.17, 15) is 4.79 Å². The Balaban J connectivity index is 1.46. The zero-order chi connectivity index (χ0) is 18.8. The second kappa shape index (κ2) is 7.74. The van der Waals surface area contributed by atoms with E-state index < -0.39 is 0 Å². The SMILES string of the molecule is CC(C)c1cc(C(=O)NC2CCCN(Cc3cccs3)C2)nc2ncnn12. The molecular weight excluding hydrogens is 360 g/mol. The quantitative estimate of drug-likeness (QED) is 0.732. The highest BCUT2D eigenvalue weighted by molar-refractivity contribution is 7.09. The molecule has 0 saturated carbocycles. The van der Waals surface area contributed by atoms with E-state index >= 15 is 0 Å². The van der Waals surface area contributed by atoms with Crippen LogP contribution in [0.2, 0.25) is 0 Å². The fourth-order valence-corrected chi connectivity index (χ4v) is 4.31. The first-order valence-electron chi connectivity index (χ1n) is 9.36. The molecule has 1 unspecified atom stereocenters. The second-order valence-corrected chi connectivity index (χ2v) is 8.35. The number of hydrogen-bond acceptors (Lipinski definition) is 6. The molecule has 1 N–H and O–H groups in total. The molecule has 0 bridgehead atoms. The van der Waals surface area contributed by atoms with Crippen molar-refractivity contribution in [3.05, 3.63) is 46.2 Å². The Hall–Kier alpha value is -2.32. The van der Waals surface area contributed by atoms with Crippen LogP contribution >= 0.6 is 11.3 Å². The van der Waals surface area contributed by atoms with Gasteiger partial charge in [0.2, 0.25) is 0 Å². The highest BCUT2D eigenvalue weighted by Gasteiger charge is 2.23. The summed E-state index contributed by atoms with van der Waals surface area (Å²) in [4.78, 5) is 25.2. The summed E-state index contributed by atoms with van der Waals surface area (Å²) < 4.78 is 1.70. The minimum atomic E-state index is -0.134. The average Bonchev–Trinajstić information content (AvgIpc) is 3.32. The van der Waals surface area contributed by atoms with Crippen LogP contribution in [-0.2, 0) is 6.54 Å². The minimum absolute atomic E-state index is 0.134. The van der Waals surface area contributed by atoms with Crippen molar-refractivity contribution >= 4 is 23.0 Å². The maximum Gasteiger partial charge on any atom is 0.270 e. The van der Waals surface area contributed by atoms with Gasteiger partial charge >= 0.3 is 0 Å². The molecule has 3 aromatic heterocycles. The third-order valence-corrected chi connectivity index (χ3v) is 5.76. The molecule has 1 aliphatic heterocycles. The molecule has 27 heavy (non-hydrogen) atoms. The second-order valence-electron chi connectivity index (χ2n) is 7.32. The van der Waals surface area contributed by atoms with Crippen LogP contribution in [0, 0.1) is 0 Å². The van der Waals surface area contributed by atoms with Gasteiger partial charge in [0.05, 0.1) is 5.69 Å². The molecule has 1 amide bonds. The maximum atomic E-state index is 12.8. The van der Waals surface area contributed by atoms with Crippen LogP contribution in [0.25, 0.3) is 5.78 Å². The van der Waals surface area contributed by atoms with Gasteiger partial charge in [0.15, 0.2) is 0 Å². The van der Waals surface area contributed by atoms with Crippen LogP contribution in [0.1, 0.15) is 53.7 Å². The van der Waals surface area contributed by atoms with Crippen molar-refractivity contribution in [1.82, 2.24) is 29.8 Å². The van der Waals surface area contributed by atoms with E-state index in [-0.39, 0.29) is 17.9 Å². The largest absolute Gasteiger partial charge is 0.347 e. The Kier molecular flexibility index (Phi) is 5.18. The highest BCUT2D eigenvalue weighted by atomic mass is 32.1. The Bertz CT molecular complexity index is 920. The Labute approximate surface area is 162 Å². The topological polar surface area (TPSA) is 75.4 Å². The number of thiophene rings is 1. The van der Waals surface area contributed by atoms with Crippen molar-refractivity contribution < 1.29 is 4.79 Å². The Morgan fingerprint density at radius 2 is 2.33 bits per heavy atom. The van der Waals surface area contributed by atoms with E-state index in [1.165, 1.54) is 11.2 Å². The molecule has 0 radical (unpaired) electrons. The lowest BCUT2D eigenvalue weighted by Crippen LogP contribution is -2.47. The first-order valence-corrected chi connectivity index (χ1v) is 10.2. The van der Waals surface area contributed by atoms with Crippen LogP contribution in [0.5, 0.6) is 0 Å². The molecule has 4 heterocycles. The van der Waals surface area contributed by atoms with Crippen molar-refractivity contribution in [3.63, 3.8) is 0 Å². The van der Waals surface area contributed by atoms with Crippen LogP contribution in [0.3, 0.4) is 0 Å². The lowest BCUT2D eigenvalue weighted by atomic mass is 10.0. The number of nitrogens with one attached hydrogen (secondary N) is 1. The van der Waals surface area contributed by atoms with E-state index in [1.54, 1.807) is 15.9 Å². The summed E-state index contributed by atoms with van der Waals surface area (Å²) in [6.07, 6.45) is 3.56. The zero-order valence-electron chi connectivity index (χ0n) is 15.6. The van der Waals surface area contributed by atoms with Gasteiger partial charge in [0.1, 0.15) is 12.0 Å². The van der Waals surface area contributed by atoms with Crippen LogP contribution in [0.4, 0.5) is 0 Å². The first kappa shape index (κ1) is 18.1. The third-order valence-electron chi connectivity index (χ3n) is 4.90. The fourth-order valence-electron chi connectivity index (χ4n) is 3.56. The van der Waals surface area contributed by atoms with Gasteiger partial charge in [-0.15, -0.1) is 11.3 Å². The van der Waals surface area contributed by atoms with Crippen molar-refractivity contribution in [2.75, 3.05) is 13.1 Å². The standard InChI is InChI=1S/C19H24N6OS/c1-13(2)17-9-16(23-19-20-12-21-25(17)19)18(26)22-14-5-3-7-24(10-14)11-15-6-4-8-27-15/h4,6,8-9,12-14H,3,5,7,10-11H2,1-2H3,(H,22,26). The summed E-state index contributed by atoms with van der Waals surface area (Å²) in [5.74, 6) is 0.555. The van der Waals surface area contributed by atoms with Gasteiger partial charge in [-0.25, -0.2) is 9.50 Å². The van der Waals surface area contributed by atoms with E-state index in [4.69, 9.17) is 0 Å². The molecule has 1 aliphatic rings. The summed E-state index contributed by atoms with van der Waals surface area (Å²) in [5, 5.41) is 9.49. The number of likely N-dealkylation sites (tertiary alicyclic amines) is 1. The summed E-state index contributed by atoms with van der Waals surface area (Å²) in [6.45, 7) is 7.04. The maximum absolute atomic E-state index is 12.8. The van der Waals surface area contributed by atoms with E-state index in [2.05, 4.69) is 56.6 Å². The molecule has 8 heteroatoms. The molecule has 0 aliphatic carbocycles. The molecule has 0 aromatic carbocycles. The van der Waals surface area contributed by atoms with Crippen molar-refractivity contribution in [1.29, 1.82) is 0 Å². The predicted molar refractivity (Wildman–Crippen MR) is 105 cm³/mol. The smallest absolute Gasteiger partial charge is 0.270 e. The number of fused-ring (bicyclic) bond motifs is 1. The number of piperidine rings is 1. The number of rotatable bonds is 5. The van der Waals surface area contributed by atoms with Crippen LogP contribution in [-0.4, -0.2) is 49.5 Å². The lowest BCUT2D eigenvalue weighted by Gasteiger charge is -2.32. The number of amides is 1. The highest BCUT2D eigenvalue weighted by Crippen LogP contribution is 2.18. The monoisotopic (exact) mass is 384 g/mol. The molecule has 1 atom stereocenters. The normalized spacial score (nSPS) is 18.3. The van der Waals surface area contributed by atoms with Gasteiger partial charge in [-0.1, -0.05) is 19.9 Å². The van der Waals surface area contributed by atoms with Gasteiger partial charge in [-0.3, -0.25) is 9.69 Å². The number of hydrogen-bond donors (Lipinski definition) is 1. The fraction of sp³-hybridized carbons (Fsp3) is 0.474. The first-order chi connectivity index (χ1) is 13.1. The van der Waals surface area contributed by atoms with Crippen LogP contribution < -0.4 is 5.32 Å². The summed E-state index contributed by atoms with van der Waals surface area (Å²) in [7, 11) is 0. The molecule has 142 valence electrons. The summed E-state index contributed by atoms with van der Waals surface area (Å²) >= 11 is 1.78. The molecular formula is C19H24N6OS. The van der Waals surface area contributed by atoms with Crippen molar-refractivity contribution in [3.8, 4) is 0 Å². The van der Waals surface area contributed by atoms with Gasteiger partial charge in [0, 0.05) is 24.0 Å². The molecule has 4 rings (SSSR count). The Morgan fingerprint density at radius 1 is 1.44 bits per heavy atom. The molecule has 0 spiro atoms. The zero-order valence-corrected chi connectivity index (χ0v) is 16.4. The molecule has 1 fully saturated rings. The molecule has 3 aromatic rings. The average molecular weight is 385 g/mol. The van der Waals surface area contributed by atoms with Gasteiger partial charge < -0.3 is 5.32 Å². The van der Waals surface area contributed by atoms with Gasteiger partial charge in [-0.2, -0.15) is 10.1 Å².